The molecule has 0 aliphatic heterocycles. The predicted octanol–water partition coefficient (Wildman–Crippen LogP) is 5.62. The number of aryl methyl sites for hydroxylation is 1. The summed E-state index contributed by atoms with van der Waals surface area (Å²) in [4.78, 5) is 27.7. The smallest absolute Gasteiger partial charge is 0.261 e. The molecule has 2 amide bonds. The summed E-state index contributed by atoms with van der Waals surface area (Å²) < 4.78 is 6.61. The number of hydrogen-bond acceptors (Lipinski definition) is 3. The van der Waals surface area contributed by atoms with Gasteiger partial charge in [-0.15, -0.1) is 0 Å². The summed E-state index contributed by atoms with van der Waals surface area (Å²) in [5.74, 6) is 0.458. The van der Waals surface area contributed by atoms with E-state index in [9.17, 15) is 9.59 Å². The first kappa shape index (κ1) is 26.2. The summed E-state index contributed by atoms with van der Waals surface area (Å²) >= 11 is 9.86. The van der Waals surface area contributed by atoms with Crippen molar-refractivity contribution in [2.24, 2.45) is 5.92 Å². The highest BCUT2D eigenvalue weighted by atomic mass is 79.9. The van der Waals surface area contributed by atoms with Gasteiger partial charge in [0, 0.05) is 18.1 Å². The highest BCUT2D eigenvalue weighted by Gasteiger charge is 2.29. The van der Waals surface area contributed by atoms with Gasteiger partial charge in [-0.2, -0.15) is 0 Å². The molecule has 5 nitrogen and oxygen atoms in total. The van der Waals surface area contributed by atoms with Crippen molar-refractivity contribution >= 4 is 39.3 Å². The van der Waals surface area contributed by atoms with Gasteiger partial charge < -0.3 is 15.0 Å². The molecule has 0 saturated heterocycles. The number of hydrogen-bond donors (Lipinski definition) is 1. The lowest BCUT2D eigenvalue weighted by Crippen LogP contribution is -2.50. The van der Waals surface area contributed by atoms with Crippen LogP contribution in [0.1, 0.15) is 45.2 Å². The molecule has 1 atom stereocenters. The Morgan fingerprint density at radius 2 is 1.88 bits per heavy atom. The second kappa shape index (κ2) is 12.9. The van der Waals surface area contributed by atoms with Gasteiger partial charge in [0.2, 0.25) is 5.91 Å². The number of benzene rings is 2. The van der Waals surface area contributed by atoms with Crippen LogP contribution in [0.3, 0.4) is 0 Å². The number of nitrogens with zero attached hydrogens (tertiary/aromatic N) is 1. The van der Waals surface area contributed by atoms with Gasteiger partial charge in [-0.25, -0.2) is 0 Å². The highest BCUT2D eigenvalue weighted by Crippen LogP contribution is 2.27. The van der Waals surface area contributed by atoms with Crippen LogP contribution in [-0.2, 0) is 22.6 Å². The maximum absolute atomic E-state index is 13.3. The Hall–Kier alpha value is -2.05. The summed E-state index contributed by atoms with van der Waals surface area (Å²) in [5.41, 5.74) is 1.95. The molecule has 32 heavy (non-hydrogen) atoms. The van der Waals surface area contributed by atoms with Crippen molar-refractivity contribution in [3.63, 3.8) is 0 Å². The van der Waals surface area contributed by atoms with Gasteiger partial charge in [-0.1, -0.05) is 63.6 Å². The van der Waals surface area contributed by atoms with E-state index in [2.05, 4.69) is 28.2 Å². The van der Waals surface area contributed by atoms with E-state index in [1.165, 1.54) is 5.56 Å². The summed E-state index contributed by atoms with van der Waals surface area (Å²) in [5, 5.41) is 3.51. The van der Waals surface area contributed by atoms with E-state index >= 15 is 0 Å². The van der Waals surface area contributed by atoms with Crippen molar-refractivity contribution in [2.75, 3.05) is 13.2 Å². The molecule has 0 bridgehead atoms. The molecule has 0 aliphatic rings. The van der Waals surface area contributed by atoms with E-state index in [1.807, 2.05) is 57.2 Å². The van der Waals surface area contributed by atoms with Gasteiger partial charge in [-0.3, -0.25) is 9.59 Å². The predicted molar refractivity (Wildman–Crippen MR) is 133 cm³/mol. The summed E-state index contributed by atoms with van der Waals surface area (Å²) in [7, 11) is 0. The molecule has 0 fully saturated rings. The third-order valence-electron chi connectivity index (χ3n) is 5.12. The van der Waals surface area contributed by atoms with Gasteiger partial charge in [-0.05, 0) is 64.0 Å². The van der Waals surface area contributed by atoms with E-state index < -0.39 is 6.04 Å². The van der Waals surface area contributed by atoms with Crippen molar-refractivity contribution in [2.45, 2.75) is 53.1 Å². The fourth-order valence-corrected chi connectivity index (χ4v) is 3.99. The molecular formula is C25H32BrClN2O3. The minimum absolute atomic E-state index is 0.171. The van der Waals surface area contributed by atoms with Gasteiger partial charge in [0.05, 0.1) is 4.47 Å². The largest absolute Gasteiger partial charge is 0.483 e. The zero-order valence-electron chi connectivity index (χ0n) is 19.2. The van der Waals surface area contributed by atoms with Gasteiger partial charge in [0.1, 0.15) is 11.8 Å². The lowest BCUT2D eigenvalue weighted by atomic mass is 10.1. The second-order valence-electron chi connectivity index (χ2n) is 8.08. The average Bonchev–Trinajstić information content (AvgIpc) is 2.77. The Bertz CT molecular complexity index is 920. The number of nitrogens with one attached hydrogen (secondary N) is 1. The molecule has 0 unspecified atom stereocenters. The van der Waals surface area contributed by atoms with Crippen LogP contribution in [0.5, 0.6) is 5.75 Å². The van der Waals surface area contributed by atoms with Crippen LogP contribution in [0.2, 0.25) is 5.02 Å². The molecule has 0 spiro atoms. The maximum atomic E-state index is 13.3. The fourth-order valence-electron chi connectivity index (χ4n) is 3.26. The number of ether oxygens (including phenoxy) is 1. The number of halogens is 2. The number of carbonyl (C=O) groups is 2. The lowest BCUT2D eigenvalue weighted by molar-refractivity contribution is -0.143. The number of amides is 2. The van der Waals surface area contributed by atoms with Crippen LogP contribution in [0.25, 0.3) is 0 Å². The molecule has 174 valence electrons. The lowest BCUT2D eigenvalue weighted by Gasteiger charge is -2.31. The number of carbonyl (C=O) groups excluding carboxylic acids is 2. The Labute approximate surface area is 204 Å². The normalized spacial score (nSPS) is 11.8. The molecular weight excluding hydrogens is 492 g/mol. The molecule has 2 aromatic carbocycles. The van der Waals surface area contributed by atoms with Crippen molar-refractivity contribution in [3.8, 4) is 5.75 Å². The molecule has 0 aliphatic carbocycles. The van der Waals surface area contributed by atoms with Crippen LogP contribution in [0.15, 0.2) is 46.9 Å². The van der Waals surface area contributed by atoms with Crippen molar-refractivity contribution in [3.05, 3.63) is 63.1 Å². The van der Waals surface area contributed by atoms with Crippen molar-refractivity contribution in [1.82, 2.24) is 10.2 Å². The quantitative estimate of drug-likeness (QED) is 0.416. The molecule has 0 saturated carbocycles. The Balaban J connectivity index is 2.22. The average molecular weight is 524 g/mol. The Kier molecular flexibility index (Phi) is 10.5. The van der Waals surface area contributed by atoms with E-state index in [-0.39, 0.29) is 25.0 Å². The van der Waals surface area contributed by atoms with E-state index in [4.69, 9.17) is 16.3 Å². The first-order chi connectivity index (χ1) is 15.3. The van der Waals surface area contributed by atoms with E-state index in [1.54, 1.807) is 11.0 Å². The van der Waals surface area contributed by atoms with Crippen molar-refractivity contribution < 1.29 is 14.3 Å². The SMILES string of the molecule is CCc1ccc(OCC(=O)N(Cc2ccccc2Cl)[C@@H](CC)C(=O)NCC(C)C)c(Br)c1. The third-order valence-corrected chi connectivity index (χ3v) is 6.11. The fraction of sp³-hybridized carbons (Fsp3) is 0.440. The molecule has 2 aromatic rings. The van der Waals surface area contributed by atoms with E-state index in [0.717, 1.165) is 16.5 Å². The first-order valence-corrected chi connectivity index (χ1v) is 12.2. The Morgan fingerprint density at radius 3 is 2.47 bits per heavy atom. The minimum atomic E-state index is -0.618. The van der Waals surface area contributed by atoms with E-state index in [0.29, 0.717) is 29.7 Å². The molecule has 2 rings (SSSR count). The minimum Gasteiger partial charge on any atom is -0.483 e. The van der Waals surface area contributed by atoms with Gasteiger partial charge in [0.15, 0.2) is 6.61 Å². The molecule has 0 radical (unpaired) electrons. The standard InChI is InChI=1S/C25H32BrClN2O3/c1-5-18-11-12-23(20(26)13-18)32-16-24(30)29(15-19-9-7-8-10-21(19)27)22(6-2)25(31)28-14-17(3)4/h7-13,17,22H,5-6,14-16H2,1-4H3,(H,28,31)/t22-/m0/s1. The van der Waals surface area contributed by atoms with Crippen LogP contribution < -0.4 is 10.1 Å². The van der Waals surface area contributed by atoms with Crippen molar-refractivity contribution in [1.29, 1.82) is 0 Å². The first-order valence-electron chi connectivity index (χ1n) is 11.0. The highest BCUT2D eigenvalue weighted by molar-refractivity contribution is 9.10. The molecule has 0 aromatic heterocycles. The number of rotatable bonds is 11. The van der Waals surface area contributed by atoms with Crippen LogP contribution in [-0.4, -0.2) is 35.9 Å². The zero-order valence-corrected chi connectivity index (χ0v) is 21.5. The zero-order chi connectivity index (χ0) is 23.7. The summed E-state index contributed by atoms with van der Waals surface area (Å²) in [6.07, 6.45) is 1.39. The topological polar surface area (TPSA) is 58.6 Å². The molecule has 1 N–H and O–H groups in total. The monoisotopic (exact) mass is 522 g/mol. The maximum Gasteiger partial charge on any atom is 0.261 e. The van der Waals surface area contributed by atoms with Crippen LogP contribution in [0.4, 0.5) is 0 Å². The summed E-state index contributed by atoms with van der Waals surface area (Å²) in [6, 6.07) is 12.5. The summed E-state index contributed by atoms with van der Waals surface area (Å²) in [6.45, 7) is 8.64. The van der Waals surface area contributed by atoms with Crippen LogP contribution >= 0.6 is 27.5 Å². The molecule has 7 heteroatoms. The molecule has 0 heterocycles. The van der Waals surface area contributed by atoms with Crippen LogP contribution in [0, 0.1) is 5.92 Å². The third kappa shape index (κ3) is 7.52. The van der Waals surface area contributed by atoms with Gasteiger partial charge >= 0.3 is 0 Å². The second-order valence-corrected chi connectivity index (χ2v) is 9.34. The Morgan fingerprint density at radius 1 is 1.16 bits per heavy atom. The van der Waals surface area contributed by atoms with Gasteiger partial charge in [0.25, 0.3) is 5.91 Å².